The Morgan fingerprint density at radius 1 is 1.07 bits per heavy atom. The van der Waals surface area contributed by atoms with E-state index in [0.717, 1.165) is 19.2 Å². The van der Waals surface area contributed by atoms with Gasteiger partial charge in [-0.1, -0.05) is 13.0 Å². The quantitative estimate of drug-likeness (QED) is 0.524. The Hall–Kier alpha value is -1.20. The number of halogens is 4. The second-order valence-electron chi connectivity index (χ2n) is 7.09. The summed E-state index contributed by atoms with van der Waals surface area (Å²) in [5.74, 6) is -0.393. The predicted molar refractivity (Wildman–Crippen MR) is 89.8 cm³/mol. The number of hydrogen-bond donors (Lipinski definition) is 0. The monoisotopic (exact) mass is 432 g/mol. The molecule has 0 spiro atoms. The summed E-state index contributed by atoms with van der Waals surface area (Å²) >= 11 is 0. The summed E-state index contributed by atoms with van der Waals surface area (Å²) in [4.78, 5) is -0.743. The van der Waals surface area contributed by atoms with Gasteiger partial charge in [-0.3, -0.25) is 4.18 Å². The average molecular weight is 432 g/mol. The molecule has 0 heterocycles. The predicted octanol–water partition coefficient (Wildman–Crippen LogP) is 3.70. The minimum Gasteiger partial charge on any atom is -0.273 e. The second-order valence-corrected chi connectivity index (χ2v) is 11.0. The van der Waals surface area contributed by atoms with Crippen molar-refractivity contribution in [2.24, 2.45) is 5.41 Å². The van der Waals surface area contributed by atoms with E-state index in [1.807, 2.05) is 0 Å². The van der Waals surface area contributed by atoms with Crippen LogP contribution in [-0.4, -0.2) is 34.7 Å². The van der Waals surface area contributed by atoms with E-state index in [2.05, 4.69) is 4.18 Å². The molecule has 0 saturated heterocycles. The Morgan fingerprint density at radius 3 is 2.11 bits per heavy atom. The summed E-state index contributed by atoms with van der Waals surface area (Å²) in [6.45, 7) is 1.58. The Labute approximate surface area is 155 Å². The van der Waals surface area contributed by atoms with Gasteiger partial charge in [0.25, 0.3) is 10.1 Å². The summed E-state index contributed by atoms with van der Waals surface area (Å²) < 4.78 is 107. The molecule has 0 N–H and O–H groups in total. The van der Waals surface area contributed by atoms with Crippen LogP contribution in [0.2, 0.25) is 0 Å². The second kappa shape index (κ2) is 7.00. The third-order valence-electron chi connectivity index (χ3n) is 4.94. The Balaban J connectivity index is 2.28. The summed E-state index contributed by atoms with van der Waals surface area (Å²) in [6.07, 6.45) is -5.91. The van der Waals surface area contributed by atoms with Crippen molar-refractivity contribution in [3.63, 3.8) is 0 Å². The van der Waals surface area contributed by atoms with Gasteiger partial charge >= 0.3 is 6.18 Å². The van der Waals surface area contributed by atoms with Crippen LogP contribution in [0.25, 0.3) is 0 Å². The fourth-order valence-electron chi connectivity index (χ4n) is 3.18. The van der Waals surface area contributed by atoms with Crippen molar-refractivity contribution in [1.29, 1.82) is 0 Å². The summed E-state index contributed by atoms with van der Waals surface area (Å²) in [5, 5.41) is -2.76. The molecule has 5 nitrogen and oxygen atoms in total. The molecule has 0 amide bonds. The highest BCUT2D eigenvalue weighted by atomic mass is 32.2. The van der Waals surface area contributed by atoms with Crippen molar-refractivity contribution in [3.8, 4) is 0 Å². The van der Waals surface area contributed by atoms with Crippen LogP contribution >= 0.6 is 0 Å². The van der Waals surface area contributed by atoms with Crippen LogP contribution in [0.3, 0.4) is 0 Å². The lowest BCUT2D eigenvalue weighted by Gasteiger charge is -2.39. The molecule has 154 valence electrons. The SMILES string of the molecule is COS(=O)(=O)CC1(C)CCC(F)(S(=O)(=O)c2cccc(C(F)(F)F)c2)CC1. The van der Waals surface area contributed by atoms with Gasteiger partial charge in [0.2, 0.25) is 14.8 Å². The molecular formula is C16H20F4O5S2. The van der Waals surface area contributed by atoms with E-state index in [1.54, 1.807) is 6.92 Å². The zero-order valence-corrected chi connectivity index (χ0v) is 16.3. The van der Waals surface area contributed by atoms with Gasteiger partial charge in [0.15, 0.2) is 0 Å². The summed E-state index contributed by atoms with van der Waals surface area (Å²) in [7, 11) is -7.51. The summed E-state index contributed by atoms with van der Waals surface area (Å²) in [5.41, 5.74) is -2.06. The Morgan fingerprint density at radius 2 is 1.63 bits per heavy atom. The van der Waals surface area contributed by atoms with Crippen molar-refractivity contribution in [1.82, 2.24) is 0 Å². The zero-order chi connectivity index (χ0) is 20.7. The van der Waals surface area contributed by atoms with E-state index < -0.39 is 65.6 Å². The first-order valence-electron chi connectivity index (χ1n) is 8.03. The van der Waals surface area contributed by atoms with Gasteiger partial charge < -0.3 is 0 Å². The highest BCUT2D eigenvalue weighted by molar-refractivity contribution is 7.92. The van der Waals surface area contributed by atoms with Crippen molar-refractivity contribution >= 4 is 20.0 Å². The highest BCUT2D eigenvalue weighted by Gasteiger charge is 2.51. The van der Waals surface area contributed by atoms with Gasteiger partial charge in [-0.05, 0) is 49.3 Å². The molecule has 0 radical (unpaired) electrons. The van der Waals surface area contributed by atoms with Gasteiger partial charge in [-0.15, -0.1) is 0 Å². The molecule has 0 aliphatic heterocycles. The summed E-state index contributed by atoms with van der Waals surface area (Å²) in [6, 6.07) is 2.96. The fourth-order valence-corrected chi connectivity index (χ4v) is 6.14. The van der Waals surface area contributed by atoms with E-state index in [-0.39, 0.29) is 12.8 Å². The molecule has 27 heavy (non-hydrogen) atoms. The topological polar surface area (TPSA) is 77.5 Å². The van der Waals surface area contributed by atoms with Gasteiger partial charge in [-0.25, -0.2) is 12.8 Å². The van der Waals surface area contributed by atoms with Gasteiger partial charge in [0, 0.05) is 0 Å². The minimum absolute atomic E-state index is 0.0652. The number of rotatable bonds is 5. The van der Waals surface area contributed by atoms with E-state index in [4.69, 9.17) is 0 Å². The highest BCUT2D eigenvalue weighted by Crippen LogP contribution is 2.48. The van der Waals surface area contributed by atoms with E-state index in [1.165, 1.54) is 0 Å². The van der Waals surface area contributed by atoms with Gasteiger partial charge in [0.1, 0.15) is 0 Å². The Bertz CT molecular complexity index is 899. The Kier molecular flexibility index (Phi) is 5.73. The third-order valence-corrected chi connectivity index (χ3v) is 8.74. The first-order valence-corrected chi connectivity index (χ1v) is 11.1. The van der Waals surface area contributed by atoms with Crippen molar-refractivity contribution in [3.05, 3.63) is 29.8 Å². The third kappa shape index (κ3) is 4.62. The molecule has 0 bridgehead atoms. The van der Waals surface area contributed by atoms with Gasteiger partial charge in [0.05, 0.1) is 23.3 Å². The molecule has 11 heteroatoms. The molecule has 1 saturated carbocycles. The average Bonchev–Trinajstić information content (AvgIpc) is 2.57. The van der Waals surface area contributed by atoms with Crippen LogP contribution in [0.5, 0.6) is 0 Å². The molecule has 0 aromatic heterocycles. The normalized spacial score (nSPS) is 27.5. The van der Waals surface area contributed by atoms with Crippen LogP contribution in [0.4, 0.5) is 17.6 Å². The molecule has 1 aromatic rings. The molecular weight excluding hydrogens is 412 g/mol. The molecule has 0 atom stereocenters. The lowest BCUT2D eigenvalue weighted by molar-refractivity contribution is -0.137. The standard InChI is InChI=1S/C16H20F4O5S2/c1-14(11-26(21,22)25-2)6-8-15(17,9-7-14)27(23,24)13-5-3-4-12(10-13)16(18,19)20/h3-5,10H,6-9,11H2,1-2H3. The van der Waals surface area contributed by atoms with Crippen molar-refractivity contribution < 1.29 is 38.6 Å². The van der Waals surface area contributed by atoms with Crippen LogP contribution in [-0.2, 0) is 30.3 Å². The fraction of sp³-hybridized carbons (Fsp3) is 0.625. The van der Waals surface area contributed by atoms with Crippen molar-refractivity contribution in [2.45, 2.75) is 48.7 Å². The van der Waals surface area contributed by atoms with E-state index >= 15 is 4.39 Å². The van der Waals surface area contributed by atoms with Gasteiger partial charge in [-0.2, -0.15) is 21.6 Å². The molecule has 1 aliphatic carbocycles. The lowest BCUT2D eigenvalue weighted by atomic mass is 9.76. The number of alkyl halides is 4. The van der Waals surface area contributed by atoms with Crippen molar-refractivity contribution in [2.75, 3.05) is 12.9 Å². The number of sulfone groups is 1. The maximum absolute atomic E-state index is 15.3. The largest absolute Gasteiger partial charge is 0.416 e. The lowest BCUT2D eigenvalue weighted by Crippen LogP contribution is -2.43. The van der Waals surface area contributed by atoms with Crippen LogP contribution in [0.1, 0.15) is 38.2 Å². The molecule has 1 aromatic carbocycles. The number of benzene rings is 1. The van der Waals surface area contributed by atoms with Crippen LogP contribution in [0.15, 0.2) is 29.2 Å². The van der Waals surface area contributed by atoms with E-state index in [0.29, 0.717) is 12.1 Å². The maximum Gasteiger partial charge on any atom is 0.416 e. The van der Waals surface area contributed by atoms with Crippen LogP contribution < -0.4 is 0 Å². The molecule has 0 unspecified atom stereocenters. The van der Waals surface area contributed by atoms with E-state index in [9.17, 15) is 30.0 Å². The first kappa shape index (κ1) is 22.1. The molecule has 1 fully saturated rings. The first-order chi connectivity index (χ1) is 12.1. The zero-order valence-electron chi connectivity index (χ0n) is 14.7. The van der Waals surface area contributed by atoms with Crippen LogP contribution in [0, 0.1) is 5.41 Å². The minimum atomic E-state index is -4.76. The maximum atomic E-state index is 15.3. The smallest absolute Gasteiger partial charge is 0.273 e. The molecule has 2 rings (SSSR count). The number of hydrogen-bond acceptors (Lipinski definition) is 5. The molecule has 1 aliphatic rings.